The minimum atomic E-state index is 0.518. The second kappa shape index (κ2) is 8.58. The smallest absolute Gasteiger partial charge is 0.127 e. The molecule has 0 aliphatic heterocycles. The second-order valence-electron chi connectivity index (χ2n) is 4.91. The largest absolute Gasteiger partial charge is 0.494 e. The molecule has 2 aromatic rings. The predicted molar refractivity (Wildman–Crippen MR) is 87.5 cm³/mol. The summed E-state index contributed by atoms with van der Waals surface area (Å²) in [5.41, 5.74) is 1.08. The van der Waals surface area contributed by atoms with Crippen LogP contribution in [0, 0.1) is 0 Å². The van der Waals surface area contributed by atoms with Gasteiger partial charge in [-0.2, -0.15) is 0 Å². The number of rotatable bonds is 8. The van der Waals surface area contributed by atoms with Gasteiger partial charge in [-0.25, -0.2) is 0 Å². The Hall–Kier alpha value is -1.67. The summed E-state index contributed by atoms with van der Waals surface area (Å²) in [6, 6.07) is 15.5. The van der Waals surface area contributed by atoms with E-state index in [0.29, 0.717) is 5.88 Å². The molecule has 0 atom stereocenters. The van der Waals surface area contributed by atoms with Crippen LogP contribution in [0.3, 0.4) is 0 Å². The number of benzene rings is 2. The van der Waals surface area contributed by atoms with E-state index in [-0.39, 0.29) is 0 Å². The molecule has 112 valence electrons. The van der Waals surface area contributed by atoms with Crippen LogP contribution in [0.1, 0.15) is 31.7 Å². The molecule has 0 heterocycles. The average molecular weight is 305 g/mol. The molecule has 21 heavy (non-hydrogen) atoms. The molecule has 0 unspecified atom stereocenters. The summed E-state index contributed by atoms with van der Waals surface area (Å²) in [6.07, 6.45) is 3.51. The molecule has 0 amide bonds. The van der Waals surface area contributed by atoms with Crippen molar-refractivity contribution in [3.8, 4) is 17.2 Å². The van der Waals surface area contributed by atoms with Crippen LogP contribution in [0.4, 0.5) is 0 Å². The summed E-state index contributed by atoms with van der Waals surface area (Å²) < 4.78 is 11.5. The lowest BCUT2D eigenvalue weighted by molar-refractivity contribution is 0.306. The molecule has 0 aliphatic rings. The molecule has 0 saturated heterocycles. The van der Waals surface area contributed by atoms with Crippen LogP contribution in [0.2, 0.25) is 0 Å². The Bertz CT molecular complexity index is 520. The van der Waals surface area contributed by atoms with Gasteiger partial charge in [0.05, 0.1) is 6.61 Å². The number of hydrogen-bond acceptors (Lipinski definition) is 2. The Labute approximate surface area is 131 Å². The van der Waals surface area contributed by atoms with Gasteiger partial charge in [-0.1, -0.05) is 31.9 Å². The fraction of sp³-hybridized carbons (Fsp3) is 0.333. The van der Waals surface area contributed by atoms with Crippen molar-refractivity contribution in [2.75, 3.05) is 6.61 Å². The second-order valence-corrected chi connectivity index (χ2v) is 5.17. The maximum Gasteiger partial charge on any atom is 0.127 e. The van der Waals surface area contributed by atoms with E-state index in [2.05, 4.69) is 6.92 Å². The molecule has 0 N–H and O–H groups in total. The summed E-state index contributed by atoms with van der Waals surface area (Å²) >= 11 is 5.76. The summed E-state index contributed by atoms with van der Waals surface area (Å²) in [6.45, 7) is 2.96. The van der Waals surface area contributed by atoms with E-state index in [0.717, 1.165) is 35.8 Å². The maximum atomic E-state index is 5.78. The van der Waals surface area contributed by atoms with Crippen LogP contribution < -0.4 is 9.47 Å². The summed E-state index contributed by atoms with van der Waals surface area (Å²) in [5, 5.41) is 0. The fourth-order valence-corrected chi connectivity index (χ4v) is 2.11. The van der Waals surface area contributed by atoms with Crippen molar-refractivity contribution < 1.29 is 9.47 Å². The van der Waals surface area contributed by atoms with Crippen molar-refractivity contribution >= 4 is 11.6 Å². The molecule has 2 rings (SSSR count). The molecule has 0 aromatic heterocycles. The minimum absolute atomic E-state index is 0.518. The average Bonchev–Trinajstić information content (AvgIpc) is 2.54. The van der Waals surface area contributed by atoms with Gasteiger partial charge in [0.1, 0.15) is 17.2 Å². The van der Waals surface area contributed by atoms with Gasteiger partial charge in [0.25, 0.3) is 0 Å². The molecular formula is C18H21ClO2. The Kier molecular flexibility index (Phi) is 6.42. The highest BCUT2D eigenvalue weighted by atomic mass is 35.5. The quantitative estimate of drug-likeness (QED) is 0.454. The first-order chi connectivity index (χ1) is 10.3. The van der Waals surface area contributed by atoms with Gasteiger partial charge < -0.3 is 9.47 Å². The summed E-state index contributed by atoms with van der Waals surface area (Å²) in [5.74, 6) is 3.01. The standard InChI is InChI=1S/C18H21ClO2/c1-2-3-4-13-20-16-9-11-18(12-10-16)21-17-7-5-15(14-19)6-8-17/h5-12H,2-4,13-14H2,1H3. The van der Waals surface area contributed by atoms with E-state index in [1.807, 2.05) is 48.5 Å². The number of ether oxygens (including phenoxy) is 2. The van der Waals surface area contributed by atoms with Crippen LogP contribution in [-0.4, -0.2) is 6.61 Å². The molecule has 0 fully saturated rings. The molecular weight excluding hydrogens is 284 g/mol. The van der Waals surface area contributed by atoms with E-state index in [1.54, 1.807) is 0 Å². The Morgan fingerprint density at radius 3 is 1.95 bits per heavy atom. The first-order valence-corrected chi connectivity index (χ1v) is 7.91. The number of alkyl halides is 1. The highest BCUT2D eigenvalue weighted by Crippen LogP contribution is 2.24. The van der Waals surface area contributed by atoms with Crippen LogP contribution in [-0.2, 0) is 5.88 Å². The molecule has 0 saturated carbocycles. The SMILES string of the molecule is CCCCCOc1ccc(Oc2ccc(CCl)cc2)cc1. The normalized spacial score (nSPS) is 10.4. The van der Waals surface area contributed by atoms with Crippen molar-refractivity contribution in [2.45, 2.75) is 32.1 Å². The van der Waals surface area contributed by atoms with E-state index in [9.17, 15) is 0 Å². The number of hydrogen-bond donors (Lipinski definition) is 0. The summed E-state index contributed by atoms with van der Waals surface area (Å²) in [7, 11) is 0. The minimum Gasteiger partial charge on any atom is -0.494 e. The molecule has 0 spiro atoms. The van der Waals surface area contributed by atoms with Crippen LogP contribution in [0.25, 0.3) is 0 Å². The van der Waals surface area contributed by atoms with Crippen molar-refractivity contribution in [1.82, 2.24) is 0 Å². The maximum absolute atomic E-state index is 5.78. The topological polar surface area (TPSA) is 18.5 Å². The summed E-state index contributed by atoms with van der Waals surface area (Å²) in [4.78, 5) is 0. The van der Waals surface area contributed by atoms with Crippen LogP contribution in [0.15, 0.2) is 48.5 Å². The molecule has 0 radical (unpaired) electrons. The first-order valence-electron chi connectivity index (χ1n) is 7.37. The van der Waals surface area contributed by atoms with E-state index >= 15 is 0 Å². The molecule has 0 bridgehead atoms. The molecule has 2 nitrogen and oxygen atoms in total. The zero-order valence-electron chi connectivity index (χ0n) is 12.3. The van der Waals surface area contributed by atoms with E-state index in [4.69, 9.17) is 21.1 Å². The lowest BCUT2D eigenvalue weighted by atomic mass is 10.2. The Morgan fingerprint density at radius 2 is 1.38 bits per heavy atom. The zero-order valence-corrected chi connectivity index (χ0v) is 13.1. The Morgan fingerprint density at radius 1 is 0.810 bits per heavy atom. The third kappa shape index (κ3) is 5.31. The van der Waals surface area contributed by atoms with Gasteiger partial charge >= 0.3 is 0 Å². The fourth-order valence-electron chi connectivity index (χ4n) is 1.93. The third-order valence-electron chi connectivity index (χ3n) is 3.15. The zero-order chi connectivity index (χ0) is 14.9. The monoisotopic (exact) mass is 304 g/mol. The number of unbranched alkanes of at least 4 members (excludes halogenated alkanes) is 2. The van der Waals surface area contributed by atoms with Crippen molar-refractivity contribution in [2.24, 2.45) is 0 Å². The lowest BCUT2D eigenvalue weighted by Gasteiger charge is -2.08. The van der Waals surface area contributed by atoms with Gasteiger partial charge in [-0.15, -0.1) is 11.6 Å². The van der Waals surface area contributed by atoms with Crippen molar-refractivity contribution in [1.29, 1.82) is 0 Å². The highest BCUT2D eigenvalue weighted by molar-refractivity contribution is 6.17. The van der Waals surface area contributed by atoms with Gasteiger partial charge in [-0.05, 0) is 48.4 Å². The van der Waals surface area contributed by atoms with Gasteiger partial charge in [-0.3, -0.25) is 0 Å². The Balaban J connectivity index is 1.86. The lowest BCUT2D eigenvalue weighted by Crippen LogP contribution is -1.96. The van der Waals surface area contributed by atoms with Gasteiger partial charge in [0.2, 0.25) is 0 Å². The van der Waals surface area contributed by atoms with Crippen molar-refractivity contribution in [3.05, 3.63) is 54.1 Å². The molecule has 0 aliphatic carbocycles. The van der Waals surface area contributed by atoms with Gasteiger partial charge in [0, 0.05) is 5.88 Å². The molecule has 3 heteroatoms. The highest BCUT2D eigenvalue weighted by Gasteiger charge is 1.99. The van der Waals surface area contributed by atoms with E-state index < -0.39 is 0 Å². The third-order valence-corrected chi connectivity index (χ3v) is 3.46. The first kappa shape index (κ1) is 15.7. The number of halogens is 1. The van der Waals surface area contributed by atoms with Gasteiger partial charge in [0.15, 0.2) is 0 Å². The predicted octanol–water partition coefficient (Wildman–Crippen LogP) is 5.79. The van der Waals surface area contributed by atoms with Crippen LogP contribution in [0.5, 0.6) is 17.2 Å². The van der Waals surface area contributed by atoms with Crippen molar-refractivity contribution in [3.63, 3.8) is 0 Å². The molecule has 2 aromatic carbocycles. The van der Waals surface area contributed by atoms with E-state index in [1.165, 1.54) is 12.8 Å². The van der Waals surface area contributed by atoms with Crippen LogP contribution >= 0.6 is 11.6 Å².